The van der Waals surface area contributed by atoms with Crippen LogP contribution in [0.1, 0.15) is 30.5 Å². The van der Waals surface area contributed by atoms with Crippen molar-refractivity contribution >= 4 is 17.6 Å². The lowest BCUT2D eigenvalue weighted by Crippen LogP contribution is -2.39. The second-order valence-corrected chi connectivity index (χ2v) is 5.67. The molecule has 0 N–H and O–H groups in total. The minimum Gasteiger partial charge on any atom is -0.466 e. The van der Waals surface area contributed by atoms with Crippen molar-refractivity contribution in [2.75, 3.05) is 32.5 Å². The minimum atomic E-state index is -0.644. The van der Waals surface area contributed by atoms with Crippen LogP contribution in [0.4, 0.5) is 5.69 Å². The molecular formula is C19H22N2O5. The van der Waals surface area contributed by atoms with Gasteiger partial charge in [-0.05, 0) is 36.1 Å². The van der Waals surface area contributed by atoms with Crippen molar-refractivity contribution in [3.05, 3.63) is 40.1 Å². The molecule has 0 spiro atoms. The zero-order valence-electron chi connectivity index (χ0n) is 15.4. The third-order valence-electron chi connectivity index (χ3n) is 4.30. The van der Waals surface area contributed by atoms with E-state index in [0.717, 1.165) is 11.1 Å². The van der Waals surface area contributed by atoms with Gasteiger partial charge in [0.25, 0.3) is 0 Å². The molecule has 1 aromatic rings. The quantitative estimate of drug-likeness (QED) is 0.745. The van der Waals surface area contributed by atoms with E-state index in [1.54, 1.807) is 4.90 Å². The fourth-order valence-electron chi connectivity index (χ4n) is 2.95. The van der Waals surface area contributed by atoms with Gasteiger partial charge >= 0.3 is 11.9 Å². The number of benzene rings is 1. The maximum Gasteiger partial charge on any atom is 0.355 e. The van der Waals surface area contributed by atoms with Crippen LogP contribution in [0.3, 0.4) is 0 Å². The standard InChI is InChI=1S/C19H22N2O5/c1-5-12-7-14(8-13(6-2)15(12)9-20)21-11-26-10-16(18(22)24-3)17(21)19(23)25-4/h7-8H,5-6,10-11H2,1-4H3. The van der Waals surface area contributed by atoms with Gasteiger partial charge in [0.2, 0.25) is 0 Å². The summed E-state index contributed by atoms with van der Waals surface area (Å²) in [5.41, 5.74) is 3.26. The Bertz CT molecular complexity index is 767. The number of rotatable bonds is 5. The number of nitriles is 1. The van der Waals surface area contributed by atoms with Gasteiger partial charge in [-0.2, -0.15) is 5.26 Å². The molecule has 0 saturated heterocycles. The highest BCUT2D eigenvalue weighted by molar-refractivity contribution is 6.03. The molecule has 7 heteroatoms. The van der Waals surface area contributed by atoms with Gasteiger partial charge in [-0.25, -0.2) is 9.59 Å². The Morgan fingerprint density at radius 1 is 1.15 bits per heavy atom. The molecule has 1 aliphatic heterocycles. The van der Waals surface area contributed by atoms with E-state index in [2.05, 4.69) is 6.07 Å². The third kappa shape index (κ3) is 3.55. The lowest BCUT2D eigenvalue weighted by atomic mass is 9.96. The molecule has 0 fully saturated rings. The number of nitrogens with zero attached hydrogens (tertiary/aromatic N) is 2. The highest BCUT2D eigenvalue weighted by Gasteiger charge is 2.32. The molecule has 26 heavy (non-hydrogen) atoms. The Balaban J connectivity index is 2.67. The number of hydrogen-bond donors (Lipinski definition) is 0. The Labute approximate surface area is 152 Å². The first kappa shape index (κ1) is 19.5. The van der Waals surface area contributed by atoms with Gasteiger partial charge in [0, 0.05) is 5.69 Å². The summed E-state index contributed by atoms with van der Waals surface area (Å²) in [7, 11) is 2.50. The topological polar surface area (TPSA) is 88.9 Å². The first-order chi connectivity index (χ1) is 12.5. The van der Waals surface area contributed by atoms with Gasteiger partial charge < -0.3 is 19.1 Å². The molecule has 0 aliphatic carbocycles. The van der Waals surface area contributed by atoms with Gasteiger partial charge in [0.05, 0.1) is 38.0 Å². The number of esters is 2. The molecule has 138 valence electrons. The highest BCUT2D eigenvalue weighted by atomic mass is 16.5. The van der Waals surface area contributed by atoms with Crippen molar-refractivity contribution in [2.45, 2.75) is 26.7 Å². The van der Waals surface area contributed by atoms with Crippen LogP contribution in [0.25, 0.3) is 0 Å². The van der Waals surface area contributed by atoms with Gasteiger partial charge in [0.15, 0.2) is 0 Å². The number of anilines is 1. The zero-order valence-corrected chi connectivity index (χ0v) is 15.4. The lowest BCUT2D eigenvalue weighted by molar-refractivity contribution is -0.140. The molecule has 0 radical (unpaired) electrons. The Morgan fingerprint density at radius 2 is 1.73 bits per heavy atom. The van der Waals surface area contributed by atoms with Crippen molar-refractivity contribution < 1.29 is 23.8 Å². The van der Waals surface area contributed by atoms with Crippen molar-refractivity contribution in [1.82, 2.24) is 0 Å². The van der Waals surface area contributed by atoms with Gasteiger partial charge in [-0.15, -0.1) is 0 Å². The number of methoxy groups -OCH3 is 2. The molecule has 0 amide bonds. The van der Waals surface area contributed by atoms with Crippen LogP contribution in [-0.2, 0) is 36.6 Å². The molecular weight excluding hydrogens is 336 g/mol. The first-order valence-electron chi connectivity index (χ1n) is 8.33. The lowest BCUT2D eigenvalue weighted by Gasteiger charge is -2.32. The SMILES string of the molecule is CCc1cc(N2COCC(C(=O)OC)=C2C(=O)OC)cc(CC)c1C#N. The zero-order chi connectivity index (χ0) is 19.3. The fourth-order valence-corrected chi connectivity index (χ4v) is 2.95. The summed E-state index contributed by atoms with van der Waals surface area (Å²) in [5.74, 6) is -1.29. The van der Waals surface area contributed by atoms with Crippen molar-refractivity contribution in [3.63, 3.8) is 0 Å². The van der Waals surface area contributed by atoms with Crippen LogP contribution < -0.4 is 4.90 Å². The normalized spacial score (nSPS) is 14.0. The molecule has 0 unspecified atom stereocenters. The van der Waals surface area contributed by atoms with Gasteiger partial charge in [-0.3, -0.25) is 0 Å². The van der Waals surface area contributed by atoms with E-state index >= 15 is 0 Å². The second-order valence-electron chi connectivity index (χ2n) is 5.67. The predicted octanol–water partition coefficient (Wildman–Crippen LogP) is 2.08. The number of carbonyl (C=O) groups excluding carboxylic acids is 2. The van der Waals surface area contributed by atoms with E-state index in [-0.39, 0.29) is 24.6 Å². The second kappa shape index (κ2) is 8.50. The molecule has 0 saturated carbocycles. The summed E-state index contributed by atoms with van der Waals surface area (Å²) in [4.78, 5) is 26.0. The number of carbonyl (C=O) groups is 2. The summed E-state index contributed by atoms with van der Waals surface area (Å²) < 4.78 is 15.1. The van der Waals surface area contributed by atoms with Crippen LogP contribution in [0.15, 0.2) is 23.4 Å². The van der Waals surface area contributed by atoms with E-state index in [0.29, 0.717) is 24.1 Å². The Hall–Kier alpha value is -2.85. The molecule has 0 aromatic heterocycles. The molecule has 0 bridgehead atoms. The number of hydrogen-bond acceptors (Lipinski definition) is 7. The summed E-state index contributed by atoms with van der Waals surface area (Å²) in [5, 5.41) is 9.45. The summed E-state index contributed by atoms with van der Waals surface area (Å²) >= 11 is 0. The van der Waals surface area contributed by atoms with E-state index < -0.39 is 11.9 Å². The average Bonchev–Trinajstić information content (AvgIpc) is 2.70. The van der Waals surface area contributed by atoms with E-state index in [9.17, 15) is 14.9 Å². The van der Waals surface area contributed by atoms with Crippen LogP contribution in [0, 0.1) is 11.3 Å². The van der Waals surface area contributed by atoms with Crippen LogP contribution in [0.2, 0.25) is 0 Å². The molecule has 7 nitrogen and oxygen atoms in total. The summed E-state index contributed by atoms with van der Waals surface area (Å²) in [6, 6.07) is 5.93. The molecule has 1 aromatic carbocycles. The third-order valence-corrected chi connectivity index (χ3v) is 4.30. The van der Waals surface area contributed by atoms with Crippen molar-refractivity contribution in [2.24, 2.45) is 0 Å². The van der Waals surface area contributed by atoms with E-state index in [4.69, 9.17) is 14.2 Å². The first-order valence-corrected chi connectivity index (χ1v) is 8.33. The van der Waals surface area contributed by atoms with Gasteiger partial charge in [0.1, 0.15) is 12.4 Å². The van der Waals surface area contributed by atoms with E-state index in [1.807, 2.05) is 26.0 Å². The Kier molecular flexibility index (Phi) is 6.36. The highest BCUT2D eigenvalue weighted by Crippen LogP contribution is 2.30. The maximum atomic E-state index is 12.4. The number of aryl methyl sites for hydroxylation is 2. The van der Waals surface area contributed by atoms with Crippen molar-refractivity contribution in [3.8, 4) is 6.07 Å². The minimum absolute atomic E-state index is 0.0366. The number of ether oxygens (including phenoxy) is 3. The Morgan fingerprint density at radius 3 is 2.19 bits per heavy atom. The monoisotopic (exact) mass is 358 g/mol. The van der Waals surface area contributed by atoms with Crippen LogP contribution in [-0.4, -0.2) is 39.5 Å². The smallest absolute Gasteiger partial charge is 0.355 e. The fraction of sp³-hybridized carbons (Fsp3) is 0.421. The van der Waals surface area contributed by atoms with Crippen LogP contribution >= 0.6 is 0 Å². The van der Waals surface area contributed by atoms with Crippen molar-refractivity contribution in [1.29, 1.82) is 5.26 Å². The van der Waals surface area contributed by atoms with Crippen LogP contribution in [0.5, 0.6) is 0 Å². The molecule has 0 atom stereocenters. The predicted molar refractivity (Wildman–Crippen MR) is 94.3 cm³/mol. The van der Waals surface area contributed by atoms with E-state index in [1.165, 1.54) is 14.2 Å². The maximum absolute atomic E-state index is 12.4. The molecule has 2 rings (SSSR count). The molecule has 1 aliphatic rings. The molecule has 1 heterocycles. The summed E-state index contributed by atoms with van der Waals surface area (Å²) in [6.45, 7) is 3.97. The summed E-state index contributed by atoms with van der Waals surface area (Å²) in [6.07, 6.45) is 1.33. The van der Waals surface area contributed by atoms with Gasteiger partial charge in [-0.1, -0.05) is 13.8 Å². The average molecular weight is 358 g/mol. The largest absolute Gasteiger partial charge is 0.466 e.